The maximum Gasteiger partial charge on any atom is 0.321 e. The third-order valence-corrected chi connectivity index (χ3v) is 4.17. The van der Waals surface area contributed by atoms with E-state index in [1.807, 2.05) is 0 Å². The van der Waals surface area contributed by atoms with E-state index in [2.05, 4.69) is 25.3 Å². The molecule has 3 aromatic heterocycles. The summed E-state index contributed by atoms with van der Waals surface area (Å²) < 4.78 is 20.1. The summed E-state index contributed by atoms with van der Waals surface area (Å²) in [6.45, 7) is 0.306. The third-order valence-electron chi connectivity index (χ3n) is 4.17. The molecule has 0 atom stereocenters. The Morgan fingerprint density at radius 3 is 2.79 bits per heavy atom. The lowest BCUT2D eigenvalue weighted by Crippen LogP contribution is -2.14. The molecule has 0 bridgehead atoms. The van der Waals surface area contributed by atoms with Gasteiger partial charge in [0.2, 0.25) is 5.95 Å². The number of methoxy groups -OCH3 is 1. The van der Waals surface area contributed by atoms with Gasteiger partial charge in [-0.05, 0) is 29.8 Å². The molecule has 29 heavy (non-hydrogen) atoms. The Labute approximate surface area is 164 Å². The lowest BCUT2D eigenvalue weighted by atomic mass is 10.2. The van der Waals surface area contributed by atoms with E-state index in [1.54, 1.807) is 34.7 Å². The number of aromatic nitrogens is 5. The van der Waals surface area contributed by atoms with Crippen LogP contribution < -0.4 is 15.8 Å². The lowest BCUT2D eigenvalue weighted by molar-refractivity contribution is 0.0994. The number of halogens is 1. The zero-order chi connectivity index (χ0) is 20.4. The van der Waals surface area contributed by atoms with Crippen molar-refractivity contribution in [2.24, 2.45) is 5.73 Å². The summed E-state index contributed by atoms with van der Waals surface area (Å²) in [6.07, 6.45) is 1.47. The van der Waals surface area contributed by atoms with Gasteiger partial charge >= 0.3 is 6.01 Å². The van der Waals surface area contributed by atoms with Gasteiger partial charge in [-0.15, -0.1) is 0 Å². The predicted octanol–water partition coefficient (Wildman–Crippen LogP) is 2.04. The highest BCUT2D eigenvalue weighted by molar-refractivity contribution is 5.92. The Hall–Kier alpha value is -4.08. The van der Waals surface area contributed by atoms with Crippen molar-refractivity contribution >= 4 is 17.4 Å². The van der Waals surface area contributed by atoms with Crippen molar-refractivity contribution in [1.82, 2.24) is 24.3 Å². The molecule has 0 unspecified atom stereocenters. The number of fused-ring (bicyclic) bond motifs is 1. The van der Waals surface area contributed by atoms with Crippen LogP contribution in [-0.4, -0.2) is 37.4 Å². The number of benzene rings is 1. The molecule has 3 N–H and O–H groups in total. The average Bonchev–Trinajstić information content (AvgIpc) is 3.16. The molecule has 4 rings (SSSR count). The second kappa shape index (κ2) is 7.50. The van der Waals surface area contributed by atoms with Crippen molar-refractivity contribution in [1.29, 1.82) is 0 Å². The first-order valence-corrected chi connectivity index (χ1v) is 8.60. The number of hydrogen-bond donors (Lipinski definition) is 2. The number of ether oxygens (including phenoxy) is 1. The van der Waals surface area contributed by atoms with E-state index >= 15 is 0 Å². The summed E-state index contributed by atoms with van der Waals surface area (Å²) >= 11 is 0. The smallest absolute Gasteiger partial charge is 0.321 e. The molecular weight excluding hydrogens is 377 g/mol. The minimum absolute atomic E-state index is 0.0870. The number of amides is 1. The first-order valence-electron chi connectivity index (χ1n) is 8.60. The molecule has 3 heterocycles. The summed E-state index contributed by atoms with van der Waals surface area (Å²) in [6, 6.07) is 11.3. The molecule has 9 nitrogen and oxygen atoms in total. The Morgan fingerprint density at radius 1 is 1.21 bits per heavy atom. The van der Waals surface area contributed by atoms with E-state index in [0.29, 0.717) is 17.8 Å². The summed E-state index contributed by atoms with van der Waals surface area (Å²) in [5.41, 5.74) is 7.46. The van der Waals surface area contributed by atoms with Crippen LogP contribution in [0.2, 0.25) is 0 Å². The first-order chi connectivity index (χ1) is 14.0. The number of hydrogen-bond acceptors (Lipinski definition) is 7. The van der Waals surface area contributed by atoms with Crippen molar-refractivity contribution in [3.63, 3.8) is 0 Å². The number of anilines is 1. The third kappa shape index (κ3) is 3.68. The minimum atomic E-state index is -0.578. The summed E-state index contributed by atoms with van der Waals surface area (Å²) in [7, 11) is 1.44. The number of nitrogens with two attached hydrogens (primary N) is 1. The average molecular weight is 393 g/mol. The van der Waals surface area contributed by atoms with E-state index in [0.717, 1.165) is 5.56 Å². The van der Waals surface area contributed by atoms with E-state index in [4.69, 9.17) is 10.5 Å². The quantitative estimate of drug-likeness (QED) is 0.514. The van der Waals surface area contributed by atoms with Gasteiger partial charge < -0.3 is 15.8 Å². The molecular formula is C19H16FN7O2. The van der Waals surface area contributed by atoms with Crippen molar-refractivity contribution in [3.8, 4) is 17.5 Å². The van der Waals surface area contributed by atoms with Crippen LogP contribution in [0.3, 0.4) is 0 Å². The van der Waals surface area contributed by atoms with Gasteiger partial charge in [0, 0.05) is 6.54 Å². The highest BCUT2D eigenvalue weighted by atomic mass is 19.1. The molecule has 0 fully saturated rings. The Kier molecular flexibility index (Phi) is 4.73. The Morgan fingerprint density at radius 2 is 2.03 bits per heavy atom. The Balaban J connectivity index is 1.71. The standard InChI is InChI=1S/C19H16FN7O2/c1-29-19-25-17(15-13-6-3-7-14(16(21)28)27(13)10-23-15)24-18(26-19)22-9-11-4-2-5-12(20)8-11/h2-8,10H,9H2,1H3,(H2,21,28)(H,22,24,25,26). The van der Waals surface area contributed by atoms with E-state index in [9.17, 15) is 9.18 Å². The van der Waals surface area contributed by atoms with Crippen LogP contribution in [0.5, 0.6) is 6.01 Å². The van der Waals surface area contributed by atoms with Crippen LogP contribution in [0, 0.1) is 5.82 Å². The number of pyridine rings is 1. The van der Waals surface area contributed by atoms with Gasteiger partial charge in [-0.1, -0.05) is 18.2 Å². The maximum absolute atomic E-state index is 13.4. The molecule has 0 aliphatic rings. The Bertz CT molecular complexity index is 1210. The number of carbonyl (C=O) groups excluding carboxylic acids is 1. The number of carbonyl (C=O) groups is 1. The number of nitrogens with zero attached hydrogens (tertiary/aromatic N) is 5. The SMILES string of the molecule is COc1nc(NCc2cccc(F)c2)nc(-c2ncn3c(C(N)=O)cccc23)n1. The summed E-state index contributed by atoms with van der Waals surface area (Å²) in [5, 5.41) is 3.03. The van der Waals surface area contributed by atoms with E-state index in [-0.39, 0.29) is 29.3 Å². The van der Waals surface area contributed by atoms with E-state index in [1.165, 1.54) is 25.6 Å². The van der Waals surface area contributed by atoms with Gasteiger partial charge in [-0.2, -0.15) is 15.0 Å². The van der Waals surface area contributed by atoms with Gasteiger partial charge in [0.25, 0.3) is 5.91 Å². The molecule has 0 saturated carbocycles. The van der Waals surface area contributed by atoms with Gasteiger partial charge in [0.1, 0.15) is 23.5 Å². The zero-order valence-corrected chi connectivity index (χ0v) is 15.3. The van der Waals surface area contributed by atoms with Crippen LogP contribution >= 0.6 is 0 Å². The van der Waals surface area contributed by atoms with Crippen LogP contribution in [0.1, 0.15) is 16.1 Å². The molecule has 4 aromatic rings. The molecule has 0 aliphatic carbocycles. The van der Waals surface area contributed by atoms with Crippen molar-refractivity contribution < 1.29 is 13.9 Å². The predicted molar refractivity (Wildman–Crippen MR) is 103 cm³/mol. The second-order valence-corrected chi connectivity index (χ2v) is 6.08. The number of imidazole rings is 1. The molecule has 1 aromatic carbocycles. The summed E-state index contributed by atoms with van der Waals surface area (Å²) in [5.74, 6) is -0.413. The molecule has 0 aliphatic heterocycles. The second-order valence-electron chi connectivity index (χ2n) is 6.08. The molecule has 146 valence electrons. The largest absolute Gasteiger partial charge is 0.467 e. The molecule has 1 amide bonds. The van der Waals surface area contributed by atoms with Crippen LogP contribution in [-0.2, 0) is 6.54 Å². The normalized spacial score (nSPS) is 10.8. The first kappa shape index (κ1) is 18.3. The fourth-order valence-corrected chi connectivity index (χ4v) is 2.85. The van der Waals surface area contributed by atoms with Crippen LogP contribution in [0.4, 0.5) is 10.3 Å². The van der Waals surface area contributed by atoms with Crippen molar-refractivity contribution in [2.75, 3.05) is 12.4 Å². The fourth-order valence-electron chi connectivity index (χ4n) is 2.85. The molecule has 0 radical (unpaired) electrons. The van der Waals surface area contributed by atoms with Gasteiger partial charge in [-0.25, -0.2) is 9.37 Å². The number of nitrogens with one attached hydrogen (secondary N) is 1. The lowest BCUT2D eigenvalue weighted by Gasteiger charge is -2.08. The highest BCUT2D eigenvalue weighted by Crippen LogP contribution is 2.23. The van der Waals surface area contributed by atoms with Crippen LogP contribution in [0.15, 0.2) is 48.8 Å². The molecule has 0 saturated heterocycles. The van der Waals surface area contributed by atoms with E-state index < -0.39 is 5.91 Å². The number of primary amides is 1. The zero-order valence-electron chi connectivity index (χ0n) is 15.3. The minimum Gasteiger partial charge on any atom is -0.467 e. The topological polar surface area (TPSA) is 120 Å². The van der Waals surface area contributed by atoms with Crippen molar-refractivity contribution in [3.05, 3.63) is 65.9 Å². The van der Waals surface area contributed by atoms with Gasteiger partial charge in [0.15, 0.2) is 5.82 Å². The highest BCUT2D eigenvalue weighted by Gasteiger charge is 2.16. The number of rotatable bonds is 6. The molecule has 10 heteroatoms. The summed E-state index contributed by atoms with van der Waals surface area (Å²) in [4.78, 5) is 28.8. The van der Waals surface area contributed by atoms with Gasteiger partial charge in [-0.3, -0.25) is 9.20 Å². The van der Waals surface area contributed by atoms with Crippen LogP contribution in [0.25, 0.3) is 17.0 Å². The maximum atomic E-state index is 13.4. The molecule has 0 spiro atoms. The van der Waals surface area contributed by atoms with Gasteiger partial charge in [0.05, 0.1) is 12.6 Å². The monoisotopic (exact) mass is 393 g/mol. The fraction of sp³-hybridized carbons (Fsp3) is 0.105. The van der Waals surface area contributed by atoms with Crippen molar-refractivity contribution in [2.45, 2.75) is 6.54 Å².